The van der Waals surface area contributed by atoms with Crippen LogP contribution < -0.4 is 5.32 Å². The summed E-state index contributed by atoms with van der Waals surface area (Å²) < 4.78 is 3.82. The van der Waals surface area contributed by atoms with Crippen LogP contribution in [0.15, 0.2) is 0 Å². The lowest BCUT2D eigenvalue weighted by atomic mass is 9.94. The lowest BCUT2D eigenvalue weighted by Gasteiger charge is -2.24. The second-order valence-electron chi connectivity index (χ2n) is 4.15. The fraction of sp³-hybridized carbons (Fsp3) is 0.667. The molecule has 1 N–H and O–H groups in total. The van der Waals surface area contributed by atoms with Gasteiger partial charge in [0.1, 0.15) is 10.4 Å². The molecule has 5 nitrogen and oxygen atoms in total. The number of nitriles is 1. The summed E-state index contributed by atoms with van der Waals surface area (Å²) >= 11 is 1.09. The van der Waals surface area contributed by atoms with Gasteiger partial charge >= 0.3 is 0 Å². The smallest absolute Gasteiger partial charge is 0.266 e. The molecule has 1 amide bonds. The van der Waals surface area contributed by atoms with Gasteiger partial charge in [-0.1, -0.05) is 31.7 Å². The number of carbonyl (C=O) groups excluding carboxylic acids is 1. The first-order chi connectivity index (χ1) is 8.62. The van der Waals surface area contributed by atoms with Crippen LogP contribution in [0.1, 0.15) is 55.4 Å². The molecule has 6 heteroatoms. The van der Waals surface area contributed by atoms with Crippen molar-refractivity contribution < 1.29 is 4.79 Å². The molecule has 1 heterocycles. The van der Waals surface area contributed by atoms with Gasteiger partial charge in [0.05, 0.1) is 11.8 Å². The highest BCUT2D eigenvalue weighted by Crippen LogP contribution is 2.18. The van der Waals surface area contributed by atoms with E-state index in [0.717, 1.165) is 30.1 Å². The summed E-state index contributed by atoms with van der Waals surface area (Å²) in [5.41, 5.74) is -0.0658. The number of aryl methyl sites for hydroxylation is 1. The number of hydrogen-bond acceptors (Lipinski definition) is 5. The molecule has 0 aliphatic heterocycles. The van der Waals surface area contributed by atoms with E-state index in [1.165, 1.54) is 0 Å². The molecule has 98 valence electrons. The van der Waals surface area contributed by atoms with E-state index in [9.17, 15) is 10.1 Å². The fourth-order valence-electron chi connectivity index (χ4n) is 1.67. The van der Waals surface area contributed by atoms with Gasteiger partial charge in [0, 0.05) is 0 Å². The molecule has 0 saturated carbocycles. The van der Waals surface area contributed by atoms with E-state index in [1.807, 2.05) is 20.8 Å². The van der Waals surface area contributed by atoms with E-state index in [0.29, 0.717) is 17.7 Å². The first-order valence-electron chi connectivity index (χ1n) is 6.17. The molecule has 0 spiro atoms. The van der Waals surface area contributed by atoms with Gasteiger partial charge in [-0.05, 0) is 30.8 Å². The lowest BCUT2D eigenvalue weighted by Crippen LogP contribution is -2.46. The molecule has 0 aliphatic carbocycles. The molecule has 0 fully saturated rings. The lowest BCUT2D eigenvalue weighted by molar-refractivity contribution is 0.0918. The van der Waals surface area contributed by atoms with Crippen molar-refractivity contribution in [3.8, 4) is 6.07 Å². The fourth-order valence-corrected chi connectivity index (χ4v) is 2.27. The number of nitrogens with one attached hydrogen (secondary N) is 1. The van der Waals surface area contributed by atoms with E-state index < -0.39 is 5.54 Å². The zero-order valence-electron chi connectivity index (χ0n) is 11.0. The molecule has 0 atom stereocenters. The second-order valence-corrected chi connectivity index (χ2v) is 4.91. The molecular formula is C12H18N4OS. The van der Waals surface area contributed by atoms with Crippen molar-refractivity contribution in [1.29, 1.82) is 5.26 Å². The van der Waals surface area contributed by atoms with Crippen molar-refractivity contribution in [3.05, 3.63) is 10.6 Å². The van der Waals surface area contributed by atoms with Crippen molar-refractivity contribution in [3.63, 3.8) is 0 Å². The molecule has 1 aromatic rings. The minimum atomic E-state index is -0.787. The number of rotatable bonds is 6. The van der Waals surface area contributed by atoms with Crippen molar-refractivity contribution >= 4 is 17.4 Å². The first-order valence-corrected chi connectivity index (χ1v) is 6.94. The highest BCUT2D eigenvalue weighted by atomic mass is 32.1. The number of nitrogens with zero attached hydrogens (tertiary/aromatic N) is 3. The summed E-state index contributed by atoms with van der Waals surface area (Å²) in [6.45, 7) is 5.81. The van der Waals surface area contributed by atoms with Crippen molar-refractivity contribution in [1.82, 2.24) is 14.9 Å². The molecular weight excluding hydrogens is 248 g/mol. The van der Waals surface area contributed by atoms with Gasteiger partial charge in [0.15, 0.2) is 0 Å². The Labute approximate surface area is 111 Å². The third-order valence-corrected chi connectivity index (χ3v) is 3.79. The number of hydrogen-bond donors (Lipinski definition) is 1. The summed E-state index contributed by atoms with van der Waals surface area (Å²) in [5.74, 6) is -0.237. The normalized spacial score (nSPS) is 11.0. The Morgan fingerprint density at radius 1 is 1.44 bits per heavy atom. The molecule has 0 unspecified atom stereocenters. The van der Waals surface area contributed by atoms with E-state index in [-0.39, 0.29) is 5.91 Å². The van der Waals surface area contributed by atoms with Gasteiger partial charge in [0.2, 0.25) is 0 Å². The van der Waals surface area contributed by atoms with Crippen molar-refractivity contribution in [2.75, 3.05) is 0 Å². The molecule has 0 aromatic carbocycles. The van der Waals surface area contributed by atoms with Crippen LogP contribution in [0.4, 0.5) is 0 Å². The Hall–Kier alpha value is -1.48. The van der Waals surface area contributed by atoms with Crippen LogP contribution in [-0.2, 0) is 6.42 Å². The Balaban J connectivity index is 2.88. The van der Waals surface area contributed by atoms with Gasteiger partial charge < -0.3 is 5.32 Å². The maximum Gasteiger partial charge on any atom is 0.266 e. The maximum atomic E-state index is 12.2. The maximum absolute atomic E-state index is 12.2. The SMILES string of the molecule is CCCc1nnsc1C(=O)NC(C#N)(CC)CC. The van der Waals surface area contributed by atoms with Gasteiger partial charge in [-0.2, -0.15) is 5.26 Å². The zero-order chi connectivity index (χ0) is 13.6. The largest absolute Gasteiger partial charge is 0.333 e. The quantitative estimate of drug-likeness (QED) is 0.857. The minimum Gasteiger partial charge on any atom is -0.333 e. The van der Waals surface area contributed by atoms with Crippen LogP contribution in [0.5, 0.6) is 0 Å². The Kier molecular flexibility index (Phi) is 5.23. The van der Waals surface area contributed by atoms with E-state index in [2.05, 4.69) is 21.0 Å². The molecule has 18 heavy (non-hydrogen) atoms. The van der Waals surface area contributed by atoms with Crippen LogP contribution in [-0.4, -0.2) is 21.0 Å². The van der Waals surface area contributed by atoms with Crippen LogP contribution in [0, 0.1) is 11.3 Å². The first kappa shape index (κ1) is 14.6. The van der Waals surface area contributed by atoms with Gasteiger partial charge in [-0.25, -0.2) is 0 Å². The van der Waals surface area contributed by atoms with Gasteiger partial charge in [-0.3, -0.25) is 4.79 Å². The monoisotopic (exact) mass is 266 g/mol. The van der Waals surface area contributed by atoms with Gasteiger partial charge in [-0.15, -0.1) is 5.10 Å². The predicted octanol–water partition coefficient (Wildman–Crippen LogP) is 2.30. The van der Waals surface area contributed by atoms with Crippen LogP contribution >= 0.6 is 11.5 Å². The number of amides is 1. The predicted molar refractivity (Wildman–Crippen MR) is 70.3 cm³/mol. The molecule has 0 saturated heterocycles. The number of aromatic nitrogens is 2. The molecule has 0 aliphatic rings. The van der Waals surface area contributed by atoms with E-state index in [1.54, 1.807) is 0 Å². The minimum absolute atomic E-state index is 0.237. The Morgan fingerprint density at radius 3 is 2.61 bits per heavy atom. The Bertz CT molecular complexity index is 445. The summed E-state index contributed by atoms with van der Waals surface area (Å²) in [7, 11) is 0. The second kappa shape index (κ2) is 6.45. The third kappa shape index (κ3) is 3.05. The standard InChI is InChI=1S/C12H18N4OS/c1-4-7-9-10(18-16-15-9)11(17)14-12(5-2,6-3)8-13/h4-7H2,1-3H3,(H,14,17). The average molecular weight is 266 g/mol. The topological polar surface area (TPSA) is 78.7 Å². The molecule has 0 radical (unpaired) electrons. The summed E-state index contributed by atoms with van der Waals surface area (Å²) in [6, 6.07) is 2.19. The number of carbonyl (C=O) groups is 1. The highest BCUT2D eigenvalue weighted by molar-refractivity contribution is 7.08. The van der Waals surface area contributed by atoms with Crippen LogP contribution in [0.3, 0.4) is 0 Å². The zero-order valence-corrected chi connectivity index (χ0v) is 11.8. The summed E-state index contributed by atoms with van der Waals surface area (Å²) in [4.78, 5) is 12.7. The molecule has 1 aromatic heterocycles. The molecule has 1 rings (SSSR count). The van der Waals surface area contributed by atoms with Crippen molar-refractivity contribution in [2.24, 2.45) is 0 Å². The summed E-state index contributed by atoms with van der Waals surface area (Å²) in [6.07, 6.45) is 2.82. The third-order valence-electron chi connectivity index (χ3n) is 3.02. The van der Waals surface area contributed by atoms with Crippen molar-refractivity contribution in [2.45, 2.75) is 52.0 Å². The van der Waals surface area contributed by atoms with Crippen LogP contribution in [0.2, 0.25) is 0 Å². The summed E-state index contributed by atoms with van der Waals surface area (Å²) in [5, 5.41) is 16.0. The van der Waals surface area contributed by atoms with Gasteiger partial charge in [0.25, 0.3) is 5.91 Å². The van der Waals surface area contributed by atoms with E-state index >= 15 is 0 Å². The highest BCUT2D eigenvalue weighted by Gasteiger charge is 2.29. The van der Waals surface area contributed by atoms with E-state index in [4.69, 9.17) is 0 Å². The van der Waals surface area contributed by atoms with Crippen LogP contribution in [0.25, 0.3) is 0 Å². The molecule has 0 bridgehead atoms. The Morgan fingerprint density at radius 2 is 2.11 bits per heavy atom. The average Bonchev–Trinajstić information content (AvgIpc) is 2.85.